The lowest BCUT2D eigenvalue weighted by Crippen LogP contribution is -2.23. The third kappa shape index (κ3) is 4.04. The molecule has 0 N–H and O–H groups in total. The van der Waals surface area contributed by atoms with Crippen molar-refractivity contribution in [2.24, 2.45) is 0 Å². The van der Waals surface area contributed by atoms with E-state index in [9.17, 15) is 8.78 Å². The zero-order chi connectivity index (χ0) is 20.8. The van der Waals surface area contributed by atoms with Crippen LogP contribution in [0, 0.1) is 11.6 Å². The largest absolute Gasteiger partial charge is 0.354 e. The van der Waals surface area contributed by atoms with E-state index in [1.54, 1.807) is 22.5 Å². The molecule has 0 saturated carbocycles. The number of halogens is 3. The number of epoxide rings is 1. The fourth-order valence-electron chi connectivity index (χ4n) is 3.36. The number of hydrogen-bond acceptors (Lipinski definition) is 4. The molecule has 1 fully saturated rings. The molecule has 2 atom stereocenters. The fraction of sp³-hybridized carbons (Fsp3) is 0.333. The summed E-state index contributed by atoms with van der Waals surface area (Å²) in [6.45, 7) is 6.45. The van der Waals surface area contributed by atoms with Crippen LogP contribution in [0.3, 0.4) is 0 Å². The Morgan fingerprint density at radius 2 is 1.97 bits per heavy atom. The minimum atomic E-state index is -1.05. The molecule has 0 unspecified atom stereocenters. The summed E-state index contributed by atoms with van der Waals surface area (Å²) < 4.78 is 36.0. The van der Waals surface area contributed by atoms with Gasteiger partial charge in [-0.2, -0.15) is 5.10 Å². The van der Waals surface area contributed by atoms with Gasteiger partial charge in [-0.1, -0.05) is 68.4 Å². The number of hydrogen-bond donors (Lipinski definition) is 0. The molecule has 0 aliphatic carbocycles. The monoisotopic (exact) mass is 435 g/mol. The first-order valence-electron chi connectivity index (χ1n) is 9.14. The quantitative estimate of drug-likeness (QED) is 0.377. The molecular weight excluding hydrogens is 416 g/mol. The summed E-state index contributed by atoms with van der Waals surface area (Å²) in [6.07, 6.45) is 0.989. The summed E-state index contributed by atoms with van der Waals surface area (Å²) >= 11 is 7.93. The smallest absolute Gasteiger partial charge is 0.186 e. The predicted molar refractivity (Wildman–Crippen MR) is 109 cm³/mol. The molecule has 2 heterocycles. The van der Waals surface area contributed by atoms with Gasteiger partial charge in [-0.3, -0.25) is 0 Å². The van der Waals surface area contributed by atoms with Crippen LogP contribution in [-0.4, -0.2) is 19.5 Å². The van der Waals surface area contributed by atoms with Gasteiger partial charge < -0.3 is 4.74 Å². The summed E-state index contributed by atoms with van der Waals surface area (Å²) in [7, 11) is 0. The Labute approximate surface area is 177 Å². The van der Waals surface area contributed by atoms with Crippen LogP contribution in [0.15, 0.2) is 53.9 Å². The van der Waals surface area contributed by atoms with E-state index in [1.807, 2.05) is 18.2 Å². The summed E-state index contributed by atoms with van der Waals surface area (Å²) in [6, 6.07) is 10.8. The molecule has 0 spiro atoms. The van der Waals surface area contributed by atoms with E-state index in [1.165, 1.54) is 18.5 Å². The van der Waals surface area contributed by atoms with Gasteiger partial charge in [0.05, 0.1) is 6.54 Å². The van der Waals surface area contributed by atoms with E-state index in [-0.39, 0.29) is 16.9 Å². The summed E-state index contributed by atoms with van der Waals surface area (Å²) in [5, 5.41) is 5.56. The van der Waals surface area contributed by atoms with E-state index < -0.39 is 23.3 Å². The van der Waals surface area contributed by atoms with Gasteiger partial charge in [0.1, 0.15) is 29.7 Å². The Bertz CT molecular complexity index is 1050. The van der Waals surface area contributed by atoms with Crippen molar-refractivity contribution in [1.29, 1.82) is 0 Å². The first-order valence-corrected chi connectivity index (χ1v) is 10.3. The Balaban J connectivity index is 1.76. The van der Waals surface area contributed by atoms with Gasteiger partial charge in [-0.05, 0) is 12.1 Å². The van der Waals surface area contributed by atoms with Crippen molar-refractivity contribution in [2.45, 2.75) is 48.9 Å². The van der Waals surface area contributed by atoms with Crippen LogP contribution in [0.25, 0.3) is 0 Å². The molecule has 0 bridgehead atoms. The normalized spacial score (nSPS) is 21.4. The minimum Gasteiger partial charge on any atom is -0.354 e. The van der Waals surface area contributed by atoms with Crippen molar-refractivity contribution < 1.29 is 13.5 Å². The highest BCUT2D eigenvalue weighted by Crippen LogP contribution is 2.60. The molecule has 1 aliphatic rings. The molecule has 0 radical (unpaired) electrons. The molecule has 8 heteroatoms. The zero-order valence-electron chi connectivity index (χ0n) is 16.2. The van der Waals surface area contributed by atoms with Gasteiger partial charge in [-0.15, -0.1) is 0 Å². The highest BCUT2D eigenvalue weighted by molar-refractivity contribution is 8.00. The number of rotatable bonds is 5. The summed E-state index contributed by atoms with van der Waals surface area (Å²) in [4.78, 5) is 4.34. The standard InChI is InChI=1S/C21H20ClF2N3OS/c1-20(2,3)29-19-25-12-26-27(19)11-21(15-9-8-13(23)10-17(15)24)18(28-21)14-6-4-5-7-16(14)22/h4-10,12,18H,11H2,1-3H3/t18-,21-/m0/s1. The molecule has 152 valence electrons. The van der Waals surface area contributed by atoms with Crippen LogP contribution in [-0.2, 0) is 16.9 Å². The topological polar surface area (TPSA) is 43.2 Å². The van der Waals surface area contributed by atoms with E-state index in [4.69, 9.17) is 16.3 Å². The second-order valence-corrected chi connectivity index (χ2v) is 10.1. The van der Waals surface area contributed by atoms with Gasteiger partial charge in [0, 0.05) is 27.0 Å². The SMILES string of the molecule is CC(C)(C)Sc1ncnn1C[C@@]1(c2ccc(F)cc2F)O[C@H]1c1ccccc1Cl. The molecule has 29 heavy (non-hydrogen) atoms. The molecule has 4 rings (SSSR count). The Kier molecular flexibility index (Phi) is 5.17. The number of benzene rings is 2. The number of aromatic nitrogens is 3. The number of thioether (sulfide) groups is 1. The zero-order valence-corrected chi connectivity index (χ0v) is 17.8. The van der Waals surface area contributed by atoms with Crippen LogP contribution < -0.4 is 0 Å². The molecule has 1 saturated heterocycles. The van der Waals surface area contributed by atoms with Crippen LogP contribution in [0.4, 0.5) is 8.78 Å². The average molecular weight is 436 g/mol. The highest BCUT2D eigenvalue weighted by Gasteiger charge is 2.61. The molecule has 4 nitrogen and oxygen atoms in total. The molecule has 0 amide bonds. The third-order valence-corrected chi connectivity index (χ3v) is 6.09. The maximum Gasteiger partial charge on any atom is 0.186 e. The lowest BCUT2D eigenvalue weighted by Gasteiger charge is -2.20. The molecular formula is C21H20ClF2N3OS. The van der Waals surface area contributed by atoms with Gasteiger partial charge in [0.15, 0.2) is 5.16 Å². The van der Waals surface area contributed by atoms with Crippen molar-refractivity contribution >= 4 is 23.4 Å². The average Bonchev–Trinajstić information content (AvgIpc) is 3.18. The van der Waals surface area contributed by atoms with Crippen molar-refractivity contribution in [3.05, 3.63) is 76.6 Å². The van der Waals surface area contributed by atoms with Crippen LogP contribution in [0.2, 0.25) is 5.02 Å². The van der Waals surface area contributed by atoms with Gasteiger partial charge >= 0.3 is 0 Å². The van der Waals surface area contributed by atoms with Crippen LogP contribution in [0.1, 0.15) is 38.0 Å². The predicted octanol–water partition coefficient (Wildman–Crippen LogP) is 5.77. The second kappa shape index (κ2) is 7.38. The van der Waals surface area contributed by atoms with Crippen LogP contribution in [0.5, 0.6) is 0 Å². The fourth-order valence-corrected chi connectivity index (χ4v) is 4.46. The minimum absolute atomic E-state index is 0.0778. The Morgan fingerprint density at radius 3 is 2.66 bits per heavy atom. The van der Waals surface area contributed by atoms with E-state index >= 15 is 0 Å². The molecule has 2 aromatic carbocycles. The van der Waals surface area contributed by atoms with Gasteiger partial charge in [0.2, 0.25) is 0 Å². The first-order chi connectivity index (χ1) is 13.7. The van der Waals surface area contributed by atoms with Gasteiger partial charge in [0.25, 0.3) is 0 Å². The van der Waals surface area contributed by atoms with Crippen molar-refractivity contribution in [3.63, 3.8) is 0 Å². The van der Waals surface area contributed by atoms with Crippen LogP contribution >= 0.6 is 23.4 Å². The maximum absolute atomic E-state index is 14.8. The highest BCUT2D eigenvalue weighted by atomic mass is 35.5. The lowest BCUT2D eigenvalue weighted by molar-refractivity contribution is 0.250. The second-order valence-electron chi connectivity index (χ2n) is 7.95. The number of nitrogens with zero attached hydrogens (tertiary/aromatic N) is 3. The molecule has 1 aliphatic heterocycles. The van der Waals surface area contributed by atoms with E-state index in [0.717, 1.165) is 11.6 Å². The van der Waals surface area contributed by atoms with Gasteiger partial charge in [-0.25, -0.2) is 18.4 Å². The molecule has 3 aromatic rings. The van der Waals surface area contributed by atoms with Crippen molar-refractivity contribution in [1.82, 2.24) is 14.8 Å². The van der Waals surface area contributed by atoms with Crippen molar-refractivity contribution in [3.8, 4) is 0 Å². The first kappa shape index (κ1) is 20.3. The molecule has 1 aromatic heterocycles. The summed E-state index contributed by atoms with van der Waals surface area (Å²) in [5.74, 6) is -1.30. The Morgan fingerprint density at radius 1 is 1.21 bits per heavy atom. The maximum atomic E-state index is 14.8. The summed E-state index contributed by atoms with van der Waals surface area (Å²) in [5.41, 5.74) is -0.0296. The van der Waals surface area contributed by atoms with E-state index in [0.29, 0.717) is 10.2 Å². The van der Waals surface area contributed by atoms with E-state index in [2.05, 4.69) is 30.9 Å². The lowest BCUT2D eigenvalue weighted by atomic mass is 9.91. The Hall–Kier alpha value is -1.96. The third-order valence-electron chi connectivity index (χ3n) is 4.63. The number of ether oxygens (including phenoxy) is 1. The van der Waals surface area contributed by atoms with Crippen molar-refractivity contribution in [2.75, 3.05) is 0 Å².